The Bertz CT molecular complexity index is 551. The number of nitrogens with one attached hydrogen (secondary N) is 1. The summed E-state index contributed by atoms with van der Waals surface area (Å²) in [5.41, 5.74) is 1.93. The van der Waals surface area contributed by atoms with E-state index in [4.69, 9.17) is 5.11 Å². The number of aromatic nitrogens is 1. The maximum absolute atomic E-state index is 11.1. The Morgan fingerprint density at radius 1 is 1.39 bits per heavy atom. The molecule has 2 N–H and O–H groups in total. The predicted molar refractivity (Wildman–Crippen MR) is 72.3 cm³/mol. The Balaban J connectivity index is 2.22. The number of hydrogen-bond donors (Lipinski definition) is 2. The van der Waals surface area contributed by atoms with Gasteiger partial charge in [0.2, 0.25) is 0 Å². The van der Waals surface area contributed by atoms with Crippen molar-refractivity contribution < 1.29 is 9.90 Å². The van der Waals surface area contributed by atoms with Gasteiger partial charge in [0.05, 0.1) is 5.69 Å². The van der Waals surface area contributed by atoms with Crippen molar-refractivity contribution in [2.24, 2.45) is 0 Å². The summed E-state index contributed by atoms with van der Waals surface area (Å²) in [7, 11) is 0. The molecule has 0 aliphatic carbocycles. The van der Waals surface area contributed by atoms with E-state index in [-0.39, 0.29) is 11.6 Å². The molecule has 0 aliphatic rings. The van der Waals surface area contributed by atoms with E-state index in [1.807, 2.05) is 37.3 Å². The topological polar surface area (TPSA) is 62.2 Å². The van der Waals surface area contributed by atoms with Crippen LogP contribution in [0.3, 0.4) is 0 Å². The average molecular weight is 262 g/mol. The number of aryl methyl sites for hydroxylation is 1. The van der Waals surface area contributed by atoms with Gasteiger partial charge in [-0.3, -0.25) is 0 Å². The van der Waals surface area contributed by atoms with Crippen LogP contribution in [0.5, 0.6) is 0 Å². The van der Waals surface area contributed by atoms with E-state index in [2.05, 4.69) is 9.69 Å². The van der Waals surface area contributed by atoms with Gasteiger partial charge < -0.3 is 10.4 Å². The number of anilines is 1. The first-order valence-corrected chi connectivity index (χ1v) is 6.38. The molecule has 0 saturated carbocycles. The molecule has 0 bridgehead atoms. The molecule has 18 heavy (non-hydrogen) atoms. The first kappa shape index (κ1) is 12.6. The molecule has 0 spiro atoms. The van der Waals surface area contributed by atoms with Crippen LogP contribution < -0.4 is 5.32 Å². The van der Waals surface area contributed by atoms with Crippen LogP contribution in [0.25, 0.3) is 0 Å². The number of aromatic carboxylic acids is 1. The maximum atomic E-state index is 11.1. The number of benzene rings is 1. The lowest BCUT2D eigenvalue weighted by molar-refractivity contribution is 0.0697. The first-order valence-electron chi connectivity index (χ1n) is 5.60. The highest BCUT2D eigenvalue weighted by atomic mass is 32.1. The minimum absolute atomic E-state index is 0.0455. The molecule has 0 radical (unpaired) electrons. The van der Waals surface area contributed by atoms with E-state index >= 15 is 0 Å². The van der Waals surface area contributed by atoms with Gasteiger partial charge in [-0.2, -0.15) is 4.37 Å². The Morgan fingerprint density at radius 3 is 2.67 bits per heavy atom. The summed E-state index contributed by atoms with van der Waals surface area (Å²) < 4.78 is 4.08. The normalized spacial score (nSPS) is 12.1. The second-order valence-electron chi connectivity index (χ2n) is 4.05. The summed E-state index contributed by atoms with van der Waals surface area (Å²) in [4.78, 5) is 11.1. The number of carboxylic acids is 1. The van der Waals surface area contributed by atoms with Gasteiger partial charge in [-0.15, -0.1) is 0 Å². The molecule has 4 nitrogen and oxygen atoms in total. The molecule has 1 atom stereocenters. The van der Waals surface area contributed by atoms with E-state index in [9.17, 15) is 4.79 Å². The van der Waals surface area contributed by atoms with Crippen LogP contribution in [0.15, 0.2) is 30.3 Å². The van der Waals surface area contributed by atoms with Crippen LogP contribution in [-0.4, -0.2) is 15.4 Å². The van der Waals surface area contributed by atoms with Gasteiger partial charge in [-0.25, -0.2) is 4.79 Å². The molecule has 0 amide bonds. The highest BCUT2D eigenvalue weighted by Crippen LogP contribution is 2.28. The number of nitrogens with zero attached hydrogens (tertiary/aromatic N) is 1. The monoisotopic (exact) mass is 262 g/mol. The van der Waals surface area contributed by atoms with Crippen LogP contribution >= 0.6 is 11.5 Å². The molecule has 0 fully saturated rings. The molecular formula is C13H14N2O2S. The molecule has 94 valence electrons. The summed E-state index contributed by atoms with van der Waals surface area (Å²) in [6.45, 7) is 3.70. The zero-order chi connectivity index (χ0) is 13.1. The van der Waals surface area contributed by atoms with E-state index in [0.29, 0.717) is 10.7 Å². The van der Waals surface area contributed by atoms with Gasteiger partial charge in [0, 0.05) is 6.04 Å². The summed E-state index contributed by atoms with van der Waals surface area (Å²) >= 11 is 1.19. The van der Waals surface area contributed by atoms with Gasteiger partial charge in [-0.1, -0.05) is 30.3 Å². The summed E-state index contributed by atoms with van der Waals surface area (Å²) in [5, 5.41) is 13.0. The maximum Gasteiger partial charge on any atom is 0.340 e. The van der Waals surface area contributed by atoms with Crippen molar-refractivity contribution in [3.63, 3.8) is 0 Å². The Labute approximate surface area is 109 Å². The average Bonchev–Trinajstić information content (AvgIpc) is 2.71. The second-order valence-corrected chi connectivity index (χ2v) is 4.83. The van der Waals surface area contributed by atoms with Crippen LogP contribution in [0, 0.1) is 6.92 Å². The van der Waals surface area contributed by atoms with Crippen molar-refractivity contribution in [1.82, 2.24) is 4.37 Å². The Kier molecular flexibility index (Phi) is 3.62. The van der Waals surface area contributed by atoms with E-state index in [1.54, 1.807) is 6.92 Å². The van der Waals surface area contributed by atoms with Crippen molar-refractivity contribution in [2.75, 3.05) is 5.32 Å². The third-order valence-corrected chi connectivity index (χ3v) is 3.59. The van der Waals surface area contributed by atoms with Gasteiger partial charge in [-0.05, 0) is 30.9 Å². The molecule has 5 heteroatoms. The van der Waals surface area contributed by atoms with Gasteiger partial charge in [0.1, 0.15) is 10.6 Å². The smallest absolute Gasteiger partial charge is 0.340 e. The first-order chi connectivity index (χ1) is 8.59. The fourth-order valence-corrected chi connectivity index (χ4v) is 2.62. The quantitative estimate of drug-likeness (QED) is 0.887. The Hall–Kier alpha value is -1.88. The Morgan fingerprint density at radius 2 is 2.06 bits per heavy atom. The van der Waals surface area contributed by atoms with Gasteiger partial charge >= 0.3 is 5.97 Å². The number of carboxylic acid groups (broad SMARTS) is 1. The van der Waals surface area contributed by atoms with Crippen LogP contribution in [0.1, 0.15) is 34.6 Å². The van der Waals surface area contributed by atoms with Crippen molar-refractivity contribution >= 4 is 22.5 Å². The molecule has 1 unspecified atom stereocenters. The van der Waals surface area contributed by atoms with E-state index < -0.39 is 5.97 Å². The van der Waals surface area contributed by atoms with Crippen molar-refractivity contribution in [1.29, 1.82) is 0 Å². The summed E-state index contributed by atoms with van der Waals surface area (Å²) in [6.07, 6.45) is 0. The van der Waals surface area contributed by atoms with E-state index in [0.717, 1.165) is 5.56 Å². The fraction of sp³-hybridized carbons (Fsp3) is 0.231. The van der Waals surface area contributed by atoms with Gasteiger partial charge in [0.15, 0.2) is 0 Å². The highest BCUT2D eigenvalue weighted by Gasteiger charge is 2.19. The van der Waals surface area contributed by atoms with E-state index in [1.165, 1.54) is 11.5 Å². The predicted octanol–water partition coefficient (Wildman–Crippen LogP) is 3.32. The number of carbonyl (C=O) groups is 1. The fourth-order valence-electron chi connectivity index (χ4n) is 1.74. The van der Waals surface area contributed by atoms with Crippen LogP contribution in [-0.2, 0) is 0 Å². The largest absolute Gasteiger partial charge is 0.478 e. The molecule has 2 rings (SSSR count). The minimum Gasteiger partial charge on any atom is -0.478 e. The lowest BCUT2D eigenvalue weighted by Gasteiger charge is -2.14. The lowest BCUT2D eigenvalue weighted by Crippen LogP contribution is -2.09. The number of rotatable bonds is 4. The standard InChI is InChI=1S/C13H14N2O2S/c1-8(10-6-4-3-5-7-10)14-12-11(13(16)17)9(2)15-18-12/h3-8,14H,1-2H3,(H,16,17). The van der Waals surface area contributed by atoms with Crippen molar-refractivity contribution in [3.8, 4) is 0 Å². The van der Waals surface area contributed by atoms with Gasteiger partial charge in [0.25, 0.3) is 0 Å². The molecule has 1 aromatic heterocycles. The SMILES string of the molecule is Cc1nsc(NC(C)c2ccccc2)c1C(=O)O. The molecule has 0 saturated heterocycles. The van der Waals surface area contributed by atoms with Crippen LogP contribution in [0.2, 0.25) is 0 Å². The van der Waals surface area contributed by atoms with Crippen molar-refractivity contribution in [2.45, 2.75) is 19.9 Å². The third-order valence-electron chi connectivity index (χ3n) is 2.72. The number of hydrogen-bond acceptors (Lipinski definition) is 4. The lowest BCUT2D eigenvalue weighted by atomic mass is 10.1. The van der Waals surface area contributed by atoms with Crippen LogP contribution in [0.4, 0.5) is 5.00 Å². The minimum atomic E-state index is -0.941. The zero-order valence-corrected chi connectivity index (χ0v) is 11.0. The highest BCUT2D eigenvalue weighted by molar-refractivity contribution is 7.10. The summed E-state index contributed by atoms with van der Waals surface area (Å²) in [6, 6.07) is 9.94. The third kappa shape index (κ3) is 2.51. The summed E-state index contributed by atoms with van der Waals surface area (Å²) in [5.74, 6) is -0.941. The molecule has 0 aliphatic heterocycles. The molecule has 1 heterocycles. The zero-order valence-electron chi connectivity index (χ0n) is 10.2. The molecular weight excluding hydrogens is 248 g/mol. The van der Waals surface area contributed by atoms with Crippen molar-refractivity contribution in [3.05, 3.63) is 47.2 Å². The molecule has 1 aromatic carbocycles. The molecule has 2 aromatic rings. The second kappa shape index (κ2) is 5.18.